The van der Waals surface area contributed by atoms with Crippen molar-refractivity contribution >= 4 is 0 Å². The van der Waals surface area contributed by atoms with Crippen LogP contribution < -0.4 is 0 Å². The highest BCUT2D eigenvalue weighted by atomic mass is 14.7. The minimum Gasteiger partial charge on any atom is -0.256 e. The van der Waals surface area contributed by atoms with E-state index in [1.165, 1.54) is 48.8 Å². The summed E-state index contributed by atoms with van der Waals surface area (Å²) in [6.45, 7) is 4.45. The highest BCUT2D eigenvalue weighted by Gasteiger charge is 2.00. The number of nitrogens with zero attached hydrogens (tertiary/aromatic N) is 1. The van der Waals surface area contributed by atoms with Crippen molar-refractivity contribution in [3.63, 3.8) is 0 Å². The summed E-state index contributed by atoms with van der Waals surface area (Å²) in [5.74, 6) is 0. The van der Waals surface area contributed by atoms with Crippen molar-refractivity contribution in [2.45, 2.75) is 52.4 Å². The summed E-state index contributed by atoms with van der Waals surface area (Å²) in [4.78, 5) is 4.57. The van der Waals surface area contributed by atoms with Crippen LogP contribution in [-0.4, -0.2) is 4.98 Å². The van der Waals surface area contributed by atoms with Crippen LogP contribution in [0.4, 0.5) is 0 Å². The van der Waals surface area contributed by atoms with Gasteiger partial charge in [-0.05, 0) is 36.5 Å². The fourth-order valence-electron chi connectivity index (χ4n) is 2.45. The molecule has 0 atom stereocenters. The highest BCUT2D eigenvalue weighted by molar-refractivity contribution is 5.59. The lowest BCUT2D eigenvalue weighted by Gasteiger charge is -2.05. The molecule has 0 spiro atoms. The molecule has 1 nitrogen and oxygen atoms in total. The van der Waals surface area contributed by atoms with E-state index in [0.717, 1.165) is 12.1 Å². The Bertz CT molecular complexity index is 496. The van der Waals surface area contributed by atoms with Crippen LogP contribution in [0.1, 0.15) is 50.7 Å². The molecule has 0 bridgehead atoms. The number of pyridine rings is 1. The Balaban J connectivity index is 2.01. The molecule has 106 valence electrons. The molecular formula is C19H25N. The summed E-state index contributed by atoms with van der Waals surface area (Å²) in [5, 5.41) is 0. The first-order valence-electron chi connectivity index (χ1n) is 7.87. The molecule has 1 heterocycles. The van der Waals surface area contributed by atoms with Crippen LogP contribution in [0.5, 0.6) is 0 Å². The number of aryl methyl sites for hydroxylation is 2. The first-order valence-corrected chi connectivity index (χ1v) is 7.87. The largest absolute Gasteiger partial charge is 0.256 e. The molecule has 0 aliphatic carbocycles. The van der Waals surface area contributed by atoms with Gasteiger partial charge in [0.2, 0.25) is 0 Å². The van der Waals surface area contributed by atoms with Crippen molar-refractivity contribution in [1.29, 1.82) is 0 Å². The second-order valence-corrected chi connectivity index (χ2v) is 5.46. The van der Waals surface area contributed by atoms with Crippen LogP contribution in [0.3, 0.4) is 0 Å². The lowest BCUT2D eigenvalue weighted by molar-refractivity contribution is 0.717. The van der Waals surface area contributed by atoms with E-state index in [9.17, 15) is 0 Å². The molecule has 0 amide bonds. The summed E-state index contributed by atoms with van der Waals surface area (Å²) in [6.07, 6.45) is 9.39. The van der Waals surface area contributed by atoms with E-state index in [-0.39, 0.29) is 0 Å². The predicted octanol–water partition coefficient (Wildman–Crippen LogP) is 5.43. The fraction of sp³-hybridized carbons (Fsp3) is 0.421. The maximum absolute atomic E-state index is 4.57. The SMILES string of the molecule is CCCCCc1ccc(-c2ccc(CCC)cn2)cc1. The maximum Gasteiger partial charge on any atom is 0.0702 e. The highest BCUT2D eigenvalue weighted by Crippen LogP contribution is 2.19. The monoisotopic (exact) mass is 267 g/mol. The van der Waals surface area contributed by atoms with Crippen molar-refractivity contribution < 1.29 is 0 Å². The molecule has 0 aliphatic heterocycles. The van der Waals surface area contributed by atoms with Gasteiger partial charge in [-0.15, -0.1) is 0 Å². The Morgan fingerprint density at radius 3 is 2.10 bits per heavy atom. The average Bonchev–Trinajstić information content (AvgIpc) is 2.49. The van der Waals surface area contributed by atoms with Gasteiger partial charge in [0, 0.05) is 11.8 Å². The number of hydrogen-bond acceptors (Lipinski definition) is 1. The first kappa shape index (κ1) is 14.8. The Morgan fingerprint density at radius 2 is 1.50 bits per heavy atom. The summed E-state index contributed by atoms with van der Waals surface area (Å²) >= 11 is 0. The number of benzene rings is 1. The molecule has 0 N–H and O–H groups in total. The van der Waals surface area contributed by atoms with Gasteiger partial charge in [0.05, 0.1) is 5.69 Å². The minimum absolute atomic E-state index is 1.07. The fourth-order valence-corrected chi connectivity index (χ4v) is 2.45. The molecule has 20 heavy (non-hydrogen) atoms. The quantitative estimate of drug-likeness (QED) is 0.609. The second kappa shape index (κ2) is 7.84. The number of hydrogen-bond donors (Lipinski definition) is 0. The van der Waals surface area contributed by atoms with Crippen LogP contribution in [-0.2, 0) is 12.8 Å². The minimum atomic E-state index is 1.07. The average molecular weight is 267 g/mol. The third-order valence-electron chi connectivity index (χ3n) is 3.68. The van der Waals surface area contributed by atoms with Gasteiger partial charge in [-0.25, -0.2) is 0 Å². The third kappa shape index (κ3) is 4.19. The molecule has 1 aromatic heterocycles. The molecule has 0 aliphatic rings. The molecule has 0 saturated heterocycles. The Hall–Kier alpha value is -1.63. The van der Waals surface area contributed by atoms with E-state index < -0.39 is 0 Å². The van der Waals surface area contributed by atoms with Crippen LogP contribution in [0.25, 0.3) is 11.3 Å². The van der Waals surface area contributed by atoms with Gasteiger partial charge >= 0.3 is 0 Å². The summed E-state index contributed by atoms with van der Waals surface area (Å²) in [6, 6.07) is 13.2. The van der Waals surface area contributed by atoms with Gasteiger partial charge in [0.1, 0.15) is 0 Å². The van der Waals surface area contributed by atoms with Crippen LogP contribution in [0.15, 0.2) is 42.6 Å². The Labute approximate surface area is 123 Å². The van der Waals surface area contributed by atoms with E-state index >= 15 is 0 Å². The molecular weight excluding hydrogens is 242 g/mol. The number of unbranched alkanes of at least 4 members (excludes halogenated alkanes) is 2. The third-order valence-corrected chi connectivity index (χ3v) is 3.68. The lowest BCUT2D eigenvalue weighted by Crippen LogP contribution is -1.89. The van der Waals surface area contributed by atoms with Gasteiger partial charge in [-0.2, -0.15) is 0 Å². The molecule has 1 aromatic carbocycles. The lowest BCUT2D eigenvalue weighted by atomic mass is 10.0. The Morgan fingerprint density at radius 1 is 0.750 bits per heavy atom. The molecule has 0 radical (unpaired) electrons. The molecule has 1 heteroatoms. The normalized spacial score (nSPS) is 10.7. The molecule has 0 unspecified atom stereocenters. The smallest absolute Gasteiger partial charge is 0.0702 e. The molecule has 0 fully saturated rings. The van der Waals surface area contributed by atoms with E-state index in [4.69, 9.17) is 0 Å². The zero-order chi connectivity index (χ0) is 14.2. The first-order chi connectivity index (χ1) is 9.83. The summed E-state index contributed by atoms with van der Waals surface area (Å²) < 4.78 is 0. The van der Waals surface area contributed by atoms with Crippen molar-refractivity contribution in [3.05, 3.63) is 53.7 Å². The van der Waals surface area contributed by atoms with Crippen molar-refractivity contribution in [1.82, 2.24) is 4.98 Å². The zero-order valence-electron chi connectivity index (χ0n) is 12.7. The van der Waals surface area contributed by atoms with E-state index in [1.54, 1.807) is 0 Å². The van der Waals surface area contributed by atoms with Crippen molar-refractivity contribution in [3.8, 4) is 11.3 Å². The molecule has 2 aromatic rings. The number of rotatable bonds is 7. The Kier molecular flexibility index (Phi) is 5.79. The summed E-state index contributed by atoms with van der Waals surface area (Å²) in [5.41, 5.74) is 5.05. The van der Waals surface area contributed by atoms with Gasteiger partial charge in [0.25, 0.3) is 0 Å². The van der Waals surface area contributed by atoms with E-state index in [0.29, 0.717) is 0 Å². The summed E-state index contributed by atoms with van der Waals surface area (Å²) in [7, 11) is 0. The topological polar surface area (TPSA) is 12.9 Å². The predicted molar refractivity (Wildman–Crippen MR) is 86.9 cm³/mol. The second-order valence-electron chi connectivity index (χ2n) is 5.46. The number of aromatic nitrogens is 1. The van der Waals surface area contributed by atoms with Gasteiger partial charge in [-0.1, -0.05) is 63.4 Å². The van der Waals surface area contributed by atoms with Crippen LogP contribution in [0.2, 0.25) is 0 Å². The van der Waals surface area contributed by atoms with Gasteiger partial charge < -0.3 is 0 Å². The van der Waals surface area contributed by atoms with E-state index in [2.05, 4.69) is 55.2 Å². The molecule has 0 saturated carbocycles. The van der Waals surface area contributed by atoms with E-state index in [1.807, 2.05) is 6.20 Å². The molecule has 2 rings (SSSR count). The van der Waals surface area contributed by atoms with Crippen LogP contribution in [0, 0.1) is 0 Å². The van der Waals surface area contributed by atoms with Crippen molar-refractivity contribution in [2.75, 3.05) is 0 Å². The van der Waals surface area contributed by atoms with Gasteiger partial charge in [-0.3, -0.25) is 4.98 Å². The van der Waals surface area contributed by atoms with Gasteiger partial charge in [0.15, 0.2) is 0 Å². The van der Waals surface area contributed by atoms with Crippen LogP contribution >= 0.6 is 0 Å². The standard InChI is InChI=1S/C19H25N/c1-3-5-6-8-16-9-12-18(13-10-16)19-14-11-17(7-4-2)15-20-19/h9-15H,3-8H2,1-2H3. The maximum atomic E-state index is 4.57. The zero-order valence-corrected chi connectivity index (χ0v) is 12.7. The van der Waals surface area contributed by atoms with Crippen molar-refractivity contribution in [2.24, 2.45) is 0 Å².